The number of benzene rings is 2. The van der Waals surface area contributed by atoms with Gasteiger partial charge in [-0.05, 0) is 35.9 Å². The van der Waals surface area contributed by atoms with Gasteiger partial charge in [-0.15, -0.1) is 0 Å². The number of nitrogens with zero attached hydrogens (tertiary/aromatic N) is 3. The van der Waals surface area contributed by atoms with Crippen LogP contribution in [0.2, 0.25) is 0 Å². The van der Waals surface area contributed by atoms with Crippen LogP contribution >= 0.6 is 0 Å². The Balaban J connectivity index is 2.26. The molecule has 20 heavy (non-hydrogen) atoms. The first-order valence-electron chi connectivity index (χ1n) is 6.96. The van der Waals surface area contributed by atoms with Crippen LogP contribution < -0.4 is 0 Å². The zero-order valence-electron chi connectivity index (χ0n) is 11.7. The average molecular weight is 265 g/mol. The molecule has 2 rings (SSSR count). The van der Waals surface area contributed by atoms with E-state index in [2.05, 4.69) is 29.1 Å². The molecule has 0 bridgehead atoms. The van der Waals surface area contributed by atoms with Gasteiger partial charge in [0.25, 0.3) is 0 Å². The van der Waals surface area contributed by atoms with Crippen LogP contribution in [-0.2, 0) is 12.0 Å². The third-order valence-electron chi connectivity index (χ3n) is 3.80. The summed E-state index contributed by atoms with van der Waals surface area (Å²) in [6.45, 7) is 2.08. The Bertz CT molecular complexity index is 574. The smallest absolute Gasteiger partial charge is 0.0738 e. The second-order valence-corrected chi connectivity index (χ2v) is 4.93. The van der Waals surface area contributed by atoms with Crippen LogP contribution in [0.4, 0.5) is 0 Å². The van der Waals surface area contributed by atoms with Gasteiger partial charge in [0.1, 0.15) is 0 Å². The van der Waals surface area contributed by atoms with E-state index in [0.29, 0.717) is 0 Å². The Morgan fingerprint density at radius 1 is 1.00 bits per heavy atom. The minimum absolute atomic E-state index is 0.453. The zero-order valence-corrected chi connectivity index (χ0v) is 11.7. The molecular formula is C17H19N3. The monoisotopic (exact) mass is 265 g/mol. The normalized spacial score (nSPS) is 13.2. The van der Waals surface area contributed by atoms with Gasteiger partial charge in [-0.25, -0.2) is 0 Å². The second kappa shape index (κ2) is 6.78. The summed E-state index contributed by atoms with van der Waals surface area (Å²) < 4.78 is 0. The zero-order chi connectivity index (χ0) is 14.3. The molecule has 2 aromatic carbocycles. The summed E-state index contributed by atoms with van der Waals surface area (Å²) in [5.74, 6) is 0. The quantitative estimate of drug-likeness (QED) is 0.390. The molecular weight excluding hydrogens is 246 g/mol. The SMILES string of the molecule is CCC(CCc1ccccc1)(N=[N+]=[N-])c1ccccc1. The van der Waals surface area contributed by atoms with E-state index in [1.54, 1.807) is 0 Å². The molecule has 0 amide bonds. The van der Waals surface area contributed by atoms with E-state index in [1.165, 1.54) is 5.56 Å². The Morgan fingerprint density at radius 3 is 2.15 bits per heavy atom. The number of azide groups is 1. The van der Waals surface area contributed by atoms with Crippen molar-refractivity contribution in [2.45, 2.75) is 31.7 Å². The van der Waals surface area contributed by atoms with Crippen LogP contribution in [0, 0.1) is 0 Å². The molecule has 1 atom stereocenters. The van der Waals surface area contributed by atoms with Crippen molar-refractivity contribution in [3.8, 4) is 0 Å². The summed E-state index contributed by atoms with van der Waals surface area (Å²) in [6.07, 6.45) is 2.53. The summed E-state index contributed by atoms with van der Waals surface area (Å²) in [4.78, 5) is 3.09. The molecule has 0 aliphatic carbocycles. The van der Waals surface area contributed by atoms with E-state index < -0.39 is 5.54 Å². The maximum absolute atomic E-state index is 8.95. The second-order valence-electron chi connectivity index (χ2n) is 4.93. The molecule has 0 fully saturated rings. The fraction of sp³-hybridized carbons (Fsp3) is 0.294. The first-order valence-corrected chi connectivity index (χ1v) is 6.96. The predicted octanol–water partition coefficient (Wildman–Crippen LogP) is 5.24. The van der Waals surface area contributed by atoms with Crippen molar-refractivity contribution in [3.05, 3.63) is 82.2 Å². The number of rotatable bonds is 6. The topological polar surface area (TPSA) is 48.8 Å². The molecule has 3 heteroatoms. The molecule has 3 nitrogen and oxygen atoms in total. The van der Waals surface area contributed by atoms with Gasteiger partial charge in [0, 0.05) is 4.91 Å². The van der Waals surface area contributed by atoms with E-state index in [1.807, 2.05) is 48.5 Å². The number of hydrogen-bond acceptors (Lipinski definition) is 1. The van der Waals surface area contributed by atoms with E-state index in [-0.39, 0.29) is 0 Å². The van der Waals surface area contributed by atoms with Crippen molar-refractivity contribution in [1.29, 1.82) is 0 Å². The molecule has 0 saturated carbocycles. The molecule has 1 unspecified atom stereocenters. The highest BCUT2D eigenvalue weighted by atomic mass is 15.2. The van der Waals surface area contributed by atoms with Gasteiger partial charge in [-0.2, -0.15) is 0 Å². The standard InChI is InChI=1S/C17H19N3/c1-2-17(19-20-18,16-11-7-4-8-12-16)14-13-15-9-5-3-6-10-15/h3-12H,2,13-14H2,1H3. The molecule has 0 aliphatic heterocycles. The lowest BCUT2D eigenvalue weighted by Crippen LogP contribution is -2.23. The van der Waals surface area contributed by atoms with Crippen LogP contribution in [0.5, 0.6) is 0 Å². The third kappa shape index (κ3) is 3.19. The molecule has 0 aromatic heterocycles. The molecule has 0 aliphatic rings. The fourth-order valence-electron chi connectivity index (χ4n) is 2.53. The average Bonchev–Trinajstić information content (AvgIpc) is 2.53. The Kier molecular flexibility index (Phi) is 4.80. The lowest BCUT2D eigenvalue weighted by Gasteiger charge is -2.28. The fourth-order valence-corrected chi connectivity index (χ4v) is 2.53. The minimum atomic E-state index is -0.453. The number of aryl methyl sites for hydroxylation is 1. The van der Waals surface area contributed by atoms with Crippen molar-refractivity contribution < 1.29 is 0 Å². The Morgan fingerprint density at radius 2 is 1.60 bits per heavy atom. The largest absolute Gasteiger partial charge is 0.0826 e. The van der Waals surface area contributed by atoms with Crippen molar-refractivity contribution in [2.24, 2.45) is 5.11 Å². The van der Waals surface area contributed by atoms with Crippen LogP contribution in [0.1, 0.15) is 30.9 Å². The van der Waals surface area contributed by atoms with Gasteiger partial charge in [0.2, 0.25) is 0 Å². The van der Waals surface area contributed by atoms with Gasteiger partial charge in [0.05, 0.1) is 5.54 Å². The lowest BCUT2D eigenvalue weighted by molar-refractivity contribution is 0.393. The van der Waals surface area contributed by atoms with Crippen molar-refractivity contribution in [2.75, 3.05) is 0 Å². The molecule has 2 aromatic rings. The van der Waals surface area contributed by atoms with Crippen LogP contribution in [0.15, 0.2) is 65.8 Å². The van der Waals surface area contributed by atoms with Crippen LogP contribution in [0.25, 0.3) is 10.4 Å². The summed E-state index contributed by atoms with van der Waals surface area (Å²) in [7, 11) is 0. The van der Waals surface area contributed by atoms with Gasteiger partial charge in [0.15, 0.2) is 0 Å². The van der Waals surface area contributed by atoms with E-state index in [9.17, 15) is 0 Å². The molecule has 0 spiro atoms. The highest BCUT2D eigenvalue weighted by Crippen LogP contribution is 2.34. The Labute approximate surface area is 119 Å². The molecule has 0 saturated heterocycles. The number of hydrogen-bond donors (Lipinski definition) is 0. The lowest BCUT2D eigenvalue weighted by atomic mass is 9.83. The van der Waals surface area contributed by atoms with E-state index in [4.69, 9.17) is 5.53 Å². The van der Waals surface area contributed by atoms with E-state index in [0.717, 1.165) is 24.8 Å². The highest BCUT2D eigenvalue weighted by Gasteiger charge is 2.28. The van der Waals surface area contributed by atoms with E-state index >= 15 is 0 Å². The highest BCUT2D eigenvalue weighted by molar-refractivity contribution is 5.26. The van der Waals surface area contributed by atoms with Gasteiger partial charge < -0.3 is 0 Å². The maximum Gasteiger partial charge on any atom is 0.0738 e. The summed E-state index contributed by atoms with van der Waals surface area (Å²) in [6, 6.07) is 20.4. The Hall–Kier alpha value is -2.25. The van der Waals surface area contributed by atoms with Crippen molar-refractivity contribution in [3.63, 3.8) is 0 Å². The van der Waals surface area contributed by atoms with Gasteiger partial charge >= 0.3 is 0 Å². The predicted molar refractivity (Wildman–Crippen MR) is 82.3 cm³/mol. The molecule has 102 valence electrons. The van der Waals surface area contributed by atoms with Gasteiger partial charge in [-0.3, -0.25) is 0 Å². The van der Waals surface area contributed by atoms with Gasteiger partial charge in [-0.1, -0.05) is 72.7 Å². The van der Waals surface area contributed by atoms with Crippen LogP contribution in [-0.4, -0.2) is 0 Å². The molecule has 0 heterocycles. The summed E-state index contributed by atoms with van der Waals surface area (Å²) >= 11 is 0. The van der Waals surface area contributed by atoms with Crippen LogP contribution in [0.3, 0.4) is 0 Å². The first kappa shape index (κ1) is 14.2. The third-order valence-corrected chi connectivity index (χ3v) is 3.80. The molecule has 0 N–H and O–H groups in total. The van der Waals surface area contributed by atoms with Crippen molar-refractivity contribution >= 4 is 0 Å². The maximum atomic E-state index is 8.95. The first-order chi connectivity index (χ1) is 9.80. The summed E-state index contributed by atoms with van der Waals surface area (Å²) in [5, 5.41) is 4.14. The van der Waals surface area contributed by atoms with Crippen molar-refractivity contribution in [1.82, 2.24) is 0 Å². The summed E-state index contributed by atoms with van der Waals surface area (Å²) in [5.41, 5.74) is 10.9. The minimum Gasteiger partial charge on any atom is -0.0826 e. The molecule has 0 radical (unpaired) electrons.